The lowest BCUT2D eigenvalue weighted by Crippen LogP contribution is -2.19. The molecule has 0 aromatic carbocycles. The highest BCUT2D eigenvalue weighted by Gasteiger charge is 2.19. The highest BCUT2D eigenvalue weighted by atomic mass is 35.5. The van der Waals surface area contributed by atoms with E-state index in [2.05, 4.69) is 5.10 Å². The molecule has 3 nitrogen and oxygen atoms in total. The van der Waals surface area contributed by atoms with Gasteiger partial charge in [-0.05, 0) is 19.3 Å². The van der Waals surface area contributed by atoms with Crippen molar-refractivity contribution in [2.24, 2.45) is 5.92 Å². The van der Waals surface area contributed by atoms with Gasteiger partial charge in [-0.1, -0.05) is 37.3 Å². The zero-order valence-corrected chi connectivity index (χ0v) is 10.5. The highest BCUT2D eigenvalue weighted by Crippen LogP contribution is 2.28. The van der Waals surface area contributed by atoms with E-state index in [1.807, 2.05) is 6.92 Å². The first-order valence-electron chi connectivity index (χ1n) is 6.03. The summed E-state index contributed by atoms with van der Waals surface area (Å²) in [7, 11) is 0. The number of aromatic nitrogens is 2. The summed E-state index contributed by atoms with van der Waals surface area (Å²) in [5, 5.41) is 14.9. The summed E-state index contributed by atoms with van der Waals surface area (Å²) in [5.41, 5.74) is 0.828. The van der Waals surface area contributed by atoms with E-state index in [1.54, 1.807) is 10.9 Å². The average Bonchev–Trinajstić information content (AvgIpc) is 2.78. The van der Waals surface area contributed by atoms with Crippen molar-refractivity contribution in [1.29, 1.82) is 0 Å². The Morgan fingerprint density at radius 2 is 2.25 bits per heavy atom. The molecule has 1 fully saturated rings. The van der Waals surface area contributed by atoms with Crippen LogP contribution in [0.25, 0.3) is 0 Å². The summed E-state index contributed by atoms with van der Waals surface area (Å²) in [4.78, 5) is 0. The fourth-order valence-electron chi connectivity index (χ4n) is 2.51. The topological polar surface area (TPSA) is 38.0 Å². The van der Waals surface area contributed by atoms with Crippen LogP contribution in [0.1, 0.15) is 37.8 Å². The molecule has 0 saturated heterocycles. The van der Waals surface area contributed by atoms with Crippen LogP contribution in [0.3, 0.4) is 0 Å². The van der Waals surface area contributed by atoms with Crippen LogP contribution in [-0.2, 0) is 6.54 Å². The Balaban J connectivity index is 1.84. The van der Waals surface area contributed by atoms with Gasteiger partial charge in [0.15, 0.2) is 0 Å². The molecule has 1 aromatic heterocycles. The molecule has 0 radical (unpaired) electrons. The summed E-state index contributed by atoms with van der Waals surface area (Å²) in [5.74, 6) is 0.710. The summed E-state index contributed by atoms with van der Waals surface area (Å²) in [6.45, 7) is 2.44. The van der Waals surface area contributed by atoms with Gasteiger partial charge in [-0.2, -0.15) is 5.10 Å². The van der Waals surface area contributed by atoms with E-state index in [4.69, 9.17) is 11.6 Å². The molecule has 1 heterocycles. The van der Waals surface area contributed by atoms with Crippen molar-refractivity contribution in [3.63, 3.8) is 0 Å². The Morgan fingerprint density at radius 3 is 2.81 bits per heavy atom. The Hall–Kier alpha value is -0.540. The molecule has 16 heavy (non-hydrogen) atoms. The monoisotopic (exact) mass is 242 g/mol. The minimum Gasteiger partial charge on any atom is -0.391 e. The summed E-state index contributed by atoms with van der Waals surface area (Å²) < 4.78 is 1.75. The lowest BCUT2D eigenvalue weighted by atomic mass is 10.0. The van der Waals surface area contributed by atoms with Gasteiger partial charge >= 0.3 is 0 Å². The number of hydrogen-bond acceptors (Lipinski definition) is 2. The van der Waals surface area contributed by atoms with Crippen molar-refractivity contribution in [3.8, 4) is 0 Å². The molecule has 1 N–H and O–H groups in total. The average molecular weight is 243 g/mol. The lowest BCUT2D eigenvalue weighted by molar-refractivity contribution is 0.120. The lowest BCUT2D eigenvalue weighted by Gasteiger charge is -2.15. The Morgan fingerprint density at radius 1 is 1.56 bits per heavy atom. The number of aryl methyl sites for hydroxylation is 1. The van der Waals surface area contributed by atoms with Gasteiger partial charge in [0.2, 0.25) is 0 Å². The highest BCUT2D eigenvalue weighted by molar-refractivity contribution is 6.31. The molecule has 2 rings (SSSR count). The maximum Gasteiger partial charge on any atom is 0.0814 e. The largest absolute Gasteiger partial charge is 0.391 e. The third kappa shape index (κ3) is 2.98. The SMILES string of the molecule is Cc1nn(CC(O)CC2CCCC2)cc1Cl. The van der Waals surface area contributed by atoms with Crippen LogP contribution in [-0.4, -0.2) is 21.0 Å². The van der Waals surface area contributed by atoms with Crippen molar-refractivity contribution in [1.82, 2.24) is 9.78 Å². The predicted molar refractivity (Wildman–Crippen MR) is 64.6 cm³/mol. The number of rotatable bonds is 4. The number of aliphatic hydroxyl groups excluding tert-OH is 1. The molecular formula is C12H19ClN2O. The van der Waals surface area contributed by atoms with Crippen LogP contribution >= 0.6 is 11.6 Å². The number of halogens is 1. The molecule has 1 aliphatic carbocycles. The zero-order chi connectivity index (χ0) is 11.5. The smallest absolute Gasteiger partial charge is 0.0814 e. The molecule has 1 atom stereocenters. The standard InChI is InChI=1S/C12H19ClN2O/c1-9-12(13)8-15(14-9)7-11(16)6-10-4-2-3-5-10/h8,10-11,16H,2-7H2,1H3. The Labute approximate surface area is 101 Å². The van der Waals surface area contributed by atoms with E-state index in [9.17, 15) is 5.11 Å². The molecule has 0 aliphatic heterocycles. The summed E-state index contributed by atoms with van der Waals surface area (Å²) in [6, 6.07) is 0. The second-order valence-corrected chi connectivity index (χ2v) is 5.23. The minimum atomic E-state index is -0.293. The van der Waals surface area contributed by atoms with Gasteiger partial charge in [-0.15, -0.1) is 0 Å². The maximum absolute atomic E-state index is 9.96. The van der Waals surface area contributed by atoms with Crippen molar-refractivity contribution in [2.45, 2.75) is 51.7 Å². The molecule has 1 unspecified atom stereocenters. The first-order valence-corrected chi connectivity index (χ1v) is 6.40. The van der Waals surface area contributed by atoms with Crippen molar-refractivity contribution < 1.29 is 5.11 Å². The van der Waals surface area contributed by atoms with E-state index in [-0.39, 0.29) is 6.10 Å². The number of nitrogens with zero attached hydrogens (tertiary/aromatic N) is 2. The van der Waals surface area contributed by atoms with E-state index in [0.717, 1.165) is 12.1 Å². The maximum atomic E-state index is 9.96. The first-order chi connectivity index (χ1) is 7.65. The van der Waals surface area contributed by atoms with Gasteiger partial charge < -0.3 is 5.11 Å². The van der Waals surface area contributed by atoms with Gasteiger partial charge in [0.25, 0.3) is 0 Å². The van der Waals surface area contributed by atoms with Crippen LogP contribution < -0.4 is 0 Å². The fourth-order valence-corrected chi connectivity index (χ4v) is 2.66. The van der Waals surface area contributed by atoms with E-state index in [0.29, 0.717) is 17.5 Å². The van der Waals surface area contributed by atoms with Gasteiger partial charge in [0.05, 0.1) is 23.4 Å². The van der Waals surface area contributed by atoms with Crippen LogP contribution in [0, 0.1) is 12.8 Å². The van der Waals surface area contributed by atoms with E-state index in [1.165, 1.54) is 25.7 Å². The second-order valence-electron chi connectivity index (χ2n) is 4.82. The molecule has 0 amide bonds. The Bertz CT molecular complexity index is 325. The third-order valence-electron chi connectivity index (χ3n) is 3.36. The van der Waals surface area contributed by atoms with Gasteiger partial charge in [0.1, 0.15) is 0 Å². The normalized spacial score (nSPS) is 19.2. The van der Waals surface area contributed by atoms with Crippen LogP contribution in [0.4, 0.5) is 0 Å². The predicted octanol–water partition coefficient (Wildman–Crippen LogP) is 2.79. The molecule has 1 aliphatic rings. The van der Waals surface area contributed by atoms with Crippen molar-refractivity contribution in [3.05, 3.63) is 16.9 Å². The second kappa shape index (κ2) is 5.19. The van der Waals surface area contributed by atoms with Crippen LogP contribution in [0.5, 0.6) is 0 Å². The molecule has 1 saturated carbocycles. The van der Waals surface area contributed by atoms with Crippen molar-refractivity contribution >= 4 is 11.6 Å². The first kappa shape index (κ1) is 11.9. The Kier molecular flexibility index (Phi) is 3.87. The summed E-state index contributed by atoms with van der Waals surface area (Å²) >= 11 is 5.92. The minimum absolute atomic E-state index is 0.293. The van der Waals surface area contributed by atoms with E-state index >= 15 is 0 Å². The molecule has 0 bridgehead atoms. The number of hydrogen-bond donors (Lipinski definition) is 1. The fraction of sp³-hybridized carbons (Fsp3) is 0.750. The molecule has 1 aromatic rings. The van der Waals surface area contributed by atoms with Crippen LogP contribution in [0.15, 0.2) is 6.20 Å². The zero-order valence-electron chi connectivity index (χ0n) is 9.69. The van der Waals surface area contributed by atoms with Crippen molar-refractivity contribution in [2.75, 3.05) is 0 Å². The molecule has 0 spiro atoms. The van der Waals surface area contributed by atoms with Gasteiger partial charge in [-0.25, -0.2) is 0 Å². The van der Waals surface area contributed by atoms with Gasteiger partial charge in [-0.3, -0.25) is 4.68 Å². The van der Waals surface area contributed by atoms with Crippen LogP contribution in [0.2, 0.25) is 5.02 Å². The third-order valence-corrected chi connectivity index (χ3v) is 3.74. The van der Waals surface area contributed by atoms with E-state index < -0.39 is 0 Å². The number of aliphatic hydroxyl groups is 1. The molecule has 90 valence electrons. The molecular weight excluding hydrogens is 224 g/mol. The summed E-state index contributed by atoms with van der Waals surface area (Å²) in [6.07, 6.45) is 7.59. The quantitative estimate of drug-likeness (QED) is 0.882. The van der Waals surface area contributed by atoms with Gasteiger partial charge in [0, 0.05) is 6.20 Å². The molecule has 4 heteroatoms.